The molecule has 120 valence electrons. The summed E-state index contributed by atoms with van der Waals surface area (Å²) < 4.78 is 2.51. The highest BCUT2D eigenvalue weighted by Crippen LogP contribution is 2.35. The number of H-pyrrole nitrogens is 1. The Morgan fingerprint density at radius 1 is 1.35 bits per heavy atom. The minimum atomic E-state index is 0.515. The minimum Gasteiger partial charge on any atom is -0.349 e. The molecule has 1 fully saturated rings. The second-order valence-corrected chi connectivity index (χ2v) is 7.69. The van der Waals surface area contributed by atoms with Crippen molar-refractivity contribution in [2.75, 3.05) is 18.8 Å². The molecule has 1 unspecified atom stereocenters. The maximum atomic E-state index is 4.46. The van der Waals surface area contributed by atoms with E-state index >= 15 is 0 Å². The molecule has 0 aliphatic carbocycles. The molecule has 0 radical (unpaired) electrons. The Balaban J connectivity index is 1.68. The van der Waals surface area contributed by atoms with E-state index in [1.165, 1.54) is 23.3 Å². The molecule has 1 atom stereocenters. The Hall–Kier alpha value is -1.66. The van der Waals surface area contributed by atoms with Crippen molar-refractivity contribution in [1.29, 1.82) is 0 Å². The van der Waals surface area contributed by atoms with Gasteiger partial charge in [-0.15, -0.1) is 0 Å². The monoisotopic (exact) mass is 327 g/mol. The van der Waals surface area contributed by atoms with Crippen LogP contribution in [-0.4, -0.2) is 43.1 Å². The molecule has 1 aliphatic heterocycles. The van der Waals surface area contributed by atoms with Crippen LogP contribution in [0, 0.1) is 5.92 Å². The van der Waals surface area contributed by atoms with Crippen LogP contribution >= 0.6 is 11.9 Å². The lowest BCUT2D eigenvalue weighted by Gasteiger charge is -2.17. The van der Waals surface area contributed by atoms with Gasteiger partial charge in [-0.25, -0.2) is 19.3 Å². The van der Waals surface area contributed by atoms with Crippen LogP contribution in [0.5, 0.6) is 0 Å². The summed E-state index contributed by atoms with van der Waals surface area (Å²) in [6.07, 6.45) is 6.64. The first-order chi connectivity index (χ1) is 11.2. The predicted molar refractivity (Wildman–Crippen MR) is 95.4 cm³/mol. The Morgan fingerprint density at radius 3 is 3.13 bits per heavy atom. The van der Waals surface area contributed by atoms with Crippen LogP contribution in [0.3, 0.4) is 0 Å². The van der Waals surface area contributed by atoms with E-state index in [9.17, 15) is 0 Å². The molecule has 3 aromatic heterocycles. The molecule has 5 nitrogen and oxygen atoms in total. The lowest BCUT2D eigenvalue weighted by molar-refractivity contribution is 0.567. The molecule has 0 amide bonds. The van der Waals surface area contributed by atoms with E-state index < -0.39 is 0 Å². The van der Waals surface area contributed by atoms with E-state index in [1.807, 2.05) is 30.4 Å². The van der Waals surface area contributed by atoms with Crippen molar-refractivity contribution in [3.05, 3.63) is 30.5 Å². The average molecular weight is 327 g/mol. The van der Waals surface area contributed by atoms with E-state index in [2.05, 4.69) is 38.1 Å². The number of aromatic amines is 1. The number of hydrogen-bond donors (Lipinski definition) is 1. The van der Waals surface area contributed by atoms with Gasteiger partial charge in [0.2, 0.25) is 0 Å². The number of nitrogens with one attached hydrogen (secondary N) is 1. The second kappa shape index (κ2) is 6.09. The predicted octanol–water partition coefficient (Wildman–Crippen LogP) is 3.60. The first-order valence-corrected chi connectivity index (χ1v) is 9.11. The minimum absolute atomic E-state index is 0.515. The van der Waals surface area contributed by atoms with Crippen molar-refractivity contribution in [2.45, 2.75) is 26.2 Å². The standard InChI is InChI=1S/C17H21N5S/c1-11(2)9-23-22-6-4-12(8-22)16-15-13-3-5-18-17(13)19-7-14(15)20-10-21-16/h3,5,7,10-12H,4,6,8-9H2,1-2H3,(H,20,21). The first-order valence-electron chi connectivity index (χ1n) is 8.17. The summed E-state index contributed by atoms with van der Waals surface area (Å²) in [5, 5.41) is 2.30. The Morgan fingerprint density at radius 2 is 2.26 bits per heavy atom. The highest BCUT2D eigenvalue weighted by atomic mass is 32.2. The lowest BCUT2D eigenvalue weighted by Crippen LogP contribution is -2.14. The number of nitrogens with zero attached hydrogens (tertiary/aromatic N) is 4. The van der Waals surface area contributed by atoms with Crippen LogP contribution in [-0.2, 0) is 0 Å². The topological polar surface area (TPSA) is 57.7 Å². The largest absolute Gasteiger partial charge is 0.349 e. The van der Waals surface area contributed by atoms with Gasteiger partial charge in [0, 0.05) is 47.4 Å². The summed E-state index contributed by atoms with van der Waals surface area (Å²) in [5.74, 6) is 2.43. The average Bonchev–Trinajstić information content (AvgIpc) is 3.21. The zero-order valence-corrected chi connectivity index (χ0v) is 14.3. The van der Waals surface area contributed by atoms with E-state index in [0.29, 0.717) is 5.92 Å². The van der Waals surface area contributed by atoms with Gasteiger partial charge >= 0.3 is 0 Å². The van der Waals surface area contributed by atoms with Gasteiger partial charge in [0.15, 0.2) is 5.65 Å². The van der Waals surface area contributed by atoms with Gasteiger partial charge in [-0.3, -0.25) is 0 Å². The summed E-state index contributed by atoms with van der Waals surface area (Å²) in [4.78, 5) is 16.6. The fourth-order valence-electron chi connectivity index (χ4n) is 3.23. The number of hydrogen-bond acceptors (Lipinski definition) is 5. The molecule has 0 spiro atoms. The summed E-state index contributed by atoms with van der Waals surface area (Å²) in [7, 11) is 0. The fourth-order valence-corrected chi connectivity index (χ4v) is 4.26. The van der Waals surface area contributed by atoms with Crippen LogP contribution in [0.25, 0.3) is 21.9 Å². The highest BCUT2D eigenvalue weighted by Gasteiger charge is 2.27. The van der Waals surface area contributed by atoms with Crippen LogP contribution in [0.1, 0.15) is 31.9 Å². The summed E-state index contributed by atoms with van der Waals surface area (Å²) in [6, 6.07) is 2.05. The molecule has 23 heavy (non-hydrogen) atoms. The van der Waals surface area contributed by atoms with E-state index in [1.54, 1.807) is 6.33 Å². The maximum absolute atomic E-state index is 4.46. The number of aromatic nitrogens is 4. The Labute approximate surface area is 140 Å². The number of rotatable bonds is 4. The van der Waals surface area contributed by atoms with Crippen molar-refractivity contribution >= 4 is 33.9 Å². The fraction of sp³-hybridized carbons (Fsp3) is 0.471. The summed E-state index contributed by atoms with van der Waals surface area (Å²) in [5.41, 5.74) is 3.04. The molecule has 0 saturated carbocycles. The molecule has 4 heterocycles. The van der Waals surface area contributed by atoms with Crippen molar-refractivity contribution in [3.8, 4) is 0 Å². The molecule has 1 N–H and O–H groups in total. The van der Waals surface area contributed by atoms with E-state index in [0.717, 1.165) is 35.6 Å². The second-order valence-electron chi connectivity index (χ2n) is 6.58. The third-order valence-corrected chi connectivity index (χ3v) is 5.87. The SMILES string of the molecule is CC(C)CSN1CCC(c2[nH]cnc3cnc4nccc4c23)C1. The van der Waals surface area contributed by atoms with Gasteiger partial charge < -0.3 is 4.98 Å². The first kappa shape index (κ1) is 14.9. The van der Waals surface area contributed by atoms with Crippen molar-refractivity contribution in [3.63, 3.8) is 0 Å². The molecule has 3 aromatic rings. The lowest BCUT2D eigenvalue weighted by atomic mass is 9.99. The summed E-state index contributed by atoms with van der Waals surface area (Å²) in [6.45, 7) is 6.78. The summed E-state index contributed by atoms with van der Waals surface area (Å²) >= 11 is 1.98. The van der Waals surface area contributed by atoms with E-state index in [-0.39, 0.29) is 0 Å². The van der Waals surface area contributed by atoms with Gasteiger partial charge in [0.25, 0.3) is 0 Å². The smallest absolute Gasteiger partial charge is 0.159 e. The quantitative estimate of drug-likeness (QED) is 0.742. The zero-order chi connectivity index (χ0) is 15.8. The number of pyridine rings is 1. The molecular weight excluding hydrogens is 306 g/mol. The Kier molecular flexibility index (Phi) is 3.95. The molecule has 0 aromatic carbocycles. The molecule has 0 bridgehead atoms. The van der Waals surface area contributed by atoms with Crippen LogP contribution in [0.4, 0.5) is 0 Å². The molecular formula is C17H21N5S. The van der Waals surface area contributed by atoms with Gasteiger partial charge in [-0.05, 0) is 18.4 Å². The molecule has 1 aliphatic rings. The molecule has 1 saturated heterocycles. The highest BCUT2D eigenvalue weighted by molar-refractivity contribution is 7.97. The van der Waals surface area contributed by atoms with Crippen molar-refractivity contribution in [1.82, 2.24) is 24.2 Å². The van der Waals surface area contributed by atoms with Crippen molar-refractivity contribution < 1.29 is 0 Å². The molecule has 6 heteroatoms. The van der Waals surface area contributed by atoms with Gasteiger partial charge in [0.05, 0.1) is 18.0 Å². The zero-order valence-electron chi connectivity index (χ0n) is 13.5. The number of fused-ring (bicyclic) bond motifs is 3. The van der Waals surface area contributed by atoms with Gasteiger partial charge in [-0.2, -0.15) is 0 Å². The van der Waals surface area contributed by atoms with Gasteiger partial charge in [0.1, 0.15) is 0 Å². The maximum Gasteiger partial charge on any atom is 0.159 e. The van der Waals surface area contributed by atoms with Crippen LogP contribution in [0.15, 0.2) is 24.8 Å². The van der Waals surface area contributed by atoms with Crippen LogP contribution < -0.4 is 0 Å². The third kappa shape index (κ3) is 2.81. The van der Waals surface area contributed by atoms with E-state index in [4.69, 9.17) is 0 Å². The Bertz CT molecular complexity index is 828. The molecule has 4 rings (SSSR count). The van der Waals surface area contributed by atoms with Crippen LogP contribution in [0.2, 0.25) is 0 Å². The third-order valence-electron chi connectivity index (χ3n) is 4.36. The van der Waals surface area contributed by atoms with Crippen molar-refractivity contribution in [2.24, 2.45) is 5.92 Å². The normalized spacial score (nSPS) is 19.3. The van der Waals surface area contributed by atoms with Gasteiger partial charge in [-0.1, -0.05) is 25.8 Å².